The third-order valence-electron chi connectivity index (χ3n) is 3.10. The molecule has 0 aromatic heterocycles. The lowest BCUT2D eigenvalue weighted by atomic mass is 10.1. The van der Waals surface area contributed by atoms with Crippen LogP contribution in [0.2, 0.25) is 0 Å². The molecule has 0 saturated heterocycles. The van der Waals surface area contributed by atoms with Crippen molar-refractivity contribution in [2.75, 3.05) is 5.75 Å². The van der Waals surface area contributed by atoms with Gasteiger partial charge in [0.1, 0.15) is 23.2 Å². The van der Waals surface area contributed by atoms with Crippen molar-refractivity contribution in [1.29, 1.82) is 0 Å². The molecule has 2 N–H and O–H groups in total. The van der Waals surface area contributed by atoms with Gasteiger partial charge in [0.25, 0.3) is 0 Å². The first-order valence-corrected chi connectivity index (χ1v) is 9.49. The van der Waals surface area contributed by atoms with E-state index < -0.39 is 45.1 Å². The van der Waals surface area contributed by atoms with Crippen molar-refractivity contribution in [3.05, 3.63) is 29.8 Å². The molecule has 26 heavy (non-hydrogen) atoms. The summed E-state index contributed by atoms with van der Waals surface area (Å²) in [5.74, 6) is -2.31. The molecular formula is C17H23NO7S. The molecule has 9 heteroatoms. The van der Waals surface area contributed by atoms with Crippen molar-refractivity contribution in [2.24, 2.45) is 0 Å². The maximum absolute atomic E-state index is 12.0. The molecule has 1 aromatic carbocycles. The number of ketones is 1. The quantitative estimate of drug-likeness (QED) is 0.729. The first-order valence-electron chi connectivity index (χ1n) is 7.83. The molecule has 0 aliphatic rings. The van der Waals surface area contributed by atoms with Crippen LogP contribution in [0.15, 0.2) is 29.2 Å². The minimum Gasteiger partial charge on any atom is -0.480 e. The van der Waals surface area contributed by atoms with Crippen LogP contribution in [0.25, 0.3) is 0 Å². The van der Waals surface area contributed by atoms with Gasteiger partial charge in [0, 0.05) is 6.42 Å². The van der Waals surface area contributed by atoms with Crippen LogP contribution in [-0.2, 0) is 30.6 Å². The first-order chi connectivity index (χ1) is 11.8. The van der Waals surface area contributed by atoms with E-state index in [9.17, 15) is 27.9 Å². The number of carbonyl (C=O) groups excluding carboxylic acids is 2. The number of sulfone groups is 1. The van der Waals surface area contributed by atoms with Gasteiger partial charge in [-0.3, -0.25) is 4.79 Å². The molecule has 0 radical (unpaired) electrons. The number of hydrogen-bond donors (Lipinski definition) is 2. The minimum absolute atomic E-state index is 0.0246. The summed E-state index contributed by atoms with van der Waals surface area (Å²) >= 11 is 0. The maximum Gasteiger partial charge on any atom is 0.408 e. The number of benzene rings is 1. The van der Waals surface area contributed by atoms with Gasteiger partial charge in [0.15, 0.2) is 9.84 Å². The fourth-order valence-electron chi connectivity index (χ4n) is 2.07. The highest BCUT2D eigenvalue weighted by Crippen LogP contribution is 2.14. The highest BCUT2D eigenvalue weighted by Gasteiger charge is 2.24. The molecule has 144 valence electrons. The van der Waals surface area contributed by atoms with Gasteiger partial charge in [-0.2, -0.15) is 0 Å². The predicted molar refractivity (Wildman–Crippen MR) is 93.7 cm³/mol. The molecule has 1 amide bonds. The third kappa shape index (κ3) is 7.22. The topological polar surface area (TPSA) is 127 Å². The Morgan fingerprint density at radius 1 is 1.15 bits per heavy atom. The molecule has 0 aliphatic heterocycles. The number of alkyl carbamates (subject to hydrolysis) is 1. The zero-order valence-corrected chi connectivity index (χ0v) is 15.9. The molecule has 0 fully saturated rings. The van der Waals surface area contributed by atoms with Crippen LogP contribution in [0.3, 0.4) is 0 Å². The smallest absolute Gasteiger partial charge is 0.408 e. The Kier molecular flexibility index (Phi) is 6.91. The predicted octanol–water partition coefficient (Wildman–Crippen LogP) is 1.57. The highest BCUT2D eigenvalue weighted by molar-refractivity contribution is 7.92. The molecule has 1 unspecified atom stereocenters. The maximum atomic E-state index is 12.0. The molecule has 0 saturated carbocycles. The fourth-order valence-corrected chi connectivity index (χ4v) is 3.32. The second-order valence-corrected chi connectivity index (χ2v) is 8.84. The molecule has 0 aliphatic carbocycles. The first kappa shape index (κ1) is 21.6. The average molecular weight is 385 g/mol. The van der Waals surface area contributed by atoms with E-state index in [4.69, 9.17) is 4.74 Å². The number of amides is 1. The summed E-state index contributed by atoms with van der Waals surface area (Å²) in [5, 5.41) is 11.5. The molecule has 1 aromatic rings. The van der Waals surface area contributed by atoms with E-state index >= 15 is 0 Å². The monoisotopic (exact) mass is 385 g/mol. The van der Waals surface area contributed by atoms with Gasteiger partial charge in [-0.05, 0) is 45.4 Å². The van der Waals surface area contributed by atoms with E-state index in [-0.39, 0.29) is 11.3 Å². The third-order valence-corrected chi connectivity index (χ3v) is 4.88. The molecule has 8 nitrogen and oxygen atoms in total. The molecule has 1 atom stereocenters. The number of hydrogen-bond acceptors (Lipinski definition) is 6. The SMILES string of the molecule is CC(=O)CS(=O)(=O)c1ccc(CC(NC(=O)OC(C)(C)C)C(=O)O)cc1. The Bertz CT molecular complexity index is 776. The molecule has 1 rings (SSSR count). The van der Waals surface area contributed by atoms with Crippen LogP contribution in [0, 0.1) is 0 Å². The van der Waals surface area contributed by atoms with Gasteiger partial charge in [0.05, 0.1) is 4.90 Å². The lowest BCUT2D eigenvalue weighted by Gasteiger charge is -2.22. The van der Waals surface area contributed by atoms with Crippen molar-refractivity contribution in [1.82, 2.24) is 5.32 Å². The number of carboxylic acid groups (broad SMARTS) is 1. The zero-order chi connectivity index (χ0) is 20.1. The highest BCUT2D eigenvalue weighted by atomic mass is 32.2. The van der Waals surface area contributed by atoms with Crippen LogP contribution < -0.4 is 5.32 Å². The van der Waals surface area contributed by atoms with Crippen LogP contribution in [0.5, 0.6) is 0 Å². The number of carbonyl (C=O) groups is 3. The molecule has 0 spiro atoms. The van der Waals surface area contributed by atoms with Gasteiger partial charge in [-0.1, -0.05) is 12.1 Å². The second kappa shape index (κ2) is 8.31. The summed E-state index contributed by atoms with van der Waals surface area (Å²) in [6, 6.07) is 4.27. The average Bonchev–Trinajstić information content (AvgIpc) is 2.43. The van der Waals surface area contributed by atoms with E-state index in [2.05, 4.69) is 5.32 Å². The second-order valence-electron chi connectivity index (χ2n) is 6.85. The van der Waals surface area contributed by atoms with Gasteiger partial charge < -0.3 is 15.2 Å². The number of ether oxygens (including phenoxy) is 1. The van der Waals surface area contributed by atoms with Gasteiger partial charge >= 0.3 is 12.1 Å². The fraction of sp³-hybridized carbons (Fsp3) is 0.471. The summed E-state index contributed by atoms with van der Waals surface area (Å²) in [5.41, 5.74) is -0.255. The van der Waals surface area contributed by atoms with Gasteiger partial charge in [-0.15, -0.1) is 0 Å². The van der Waals surface area contributed by atoms with E-state index in [1.165, 1.54) is 31.2 Å². The minimum atomic E-state index is -3.72. The van der Waals surface area contributed by atoms with Crippen LogP contribution in [-0.4, -0.2) is 48.8 Å². The van der Waals surface area contributed by atoms with Gasteiger partial charge in [-0.25, -0.2) is 18.0 Å². The molecule has 0 heterocycles. The Morgan fingerprint density at radius 3 is 2.12 bits per heavy atom. The number of rotatable bonds is 7. The van der Waals surface area contributed by atoms with Crippen LogP contribution in [0.1, 0.15) is 33.3 Å². The van der Waals surface area contributed by atoms with Crippen molar-refractivity contribution in [3.63, 3.8) is 0 Å². The van der Waals surface area contributed by atoms with E-state index in [1.807, 2.05) is 0 Å². The van der Waals surface area contributed by atoms with Crippen LogP contribution in [0.4, 0.5) is 4.79 Å². The number of nitrogens with one attached hydrogen (secondary N) is 1. The Balaban J connectivity index is 2.86. The van der Waals surface area contributed by atoms with Gasteiger partial charge in [0.2, 0.25) is 0 Å². The Labute approximate surface area is 152 Å². The largest absolute Gasteiger partial charge is 0.480 e. The standard InChI is InChI=1S/C17H23NO7S/c1-11(19)10-26(23,24)13-7-5-12(6-8-13)9-14(15(20)21)18-16(22)25-17(2,3)4/h5-8,14H,9-10H2,1-4H3,(H,18,22)(H,20,21). The van der Waals surface area contributed by atoms with E-state index in [1.54, 1.807) is 20.8 Å². The normalized spacial score (nSPS) is 12.9. The number of carboxylic acids is 1. The van der Waals surface area contributed by atoms with Crippen molar-refractivity contribution < 1.29 is 32.6 Å². The van der Waals surface area contributed by atoms with Crippen LogP contribution >= 0.6 is 0 Å². The zero-order valence-electron chi connectivity index (χ0n) is 15.1. The van der Waals surface area contributed by atoms with Crippen molar-refractivity contribution in [3.8, 4) is 0 Å². The Hall–Kier alpha value is -2.42. The number of aliphatic carboxylic acids is 1. The lowest BCUT2D eigenvalue weighted by Crippen LogP contribution is -2.44. The molecule has 0 bridgehead atoms. The summed E-state index contributed by atoms with van der Waals surface area (Å²) in [7, 11) is -3.72. The number of Topliss-reactive ketones (excluding diaryl/α,β-unsaturated/α-hetero) is 1. The Morgan fingerprint density at radius 2 is 1.69 bits per heavy atom. The van der Waals surface area contributed by atoms with Crippen molar-refractivity contribution in [2.45, 2.75) is 50.7 Å². The van der Waals surface area contributed by atoms with Crippen molar-refractivity contribution >= 4 is 27.7 Å². The van der Waals surface area contributed by atoms with E-state index in [0.29, 0.717) is 5.56 Å². The van der Waals surface area contributed by atoms with E-state index in [0.717, 1.165) is 0 Å². The summed E-state index contributed by atoms with van der Waals surface area (Å²) in [4.78, 5) is 34.1. The molecular weight excluding hydrogens is 362 g/mol. The lowest BCUT2D eigenvalue weighted by molar-refractivity contribution is -0.139. The summed E-state index contributed by atoms with van der Waals surface area (Å²) in [6.07, 6.45) is -0.910. The summed E-state index contributed by atoms with van der Waals surface area (Å²) < 4.78 is 29.0. The summed E-state index contributed by atoms with van der Waals surface area (Å²) in [6.45, 7) is 6.15.